The Kier molecular flexibility index (Phi) is 9.76. The molecule has 0 aliphatic carbocycles. The SMILES string of the molecule is COc1cc(N2CCC(N3CCN(OC(=O)OCc4ccccc4)CC3)CC2)ccc1Nc1ncc2ccc(-c3ccccc3OC)n2n1. The van der Waals surface area contributed by atoms with E-state index in [-0.39, 0.29) is 6.61 Å². The minimum atomic E-state index is -0.657. The number of carbonyl (C=O) groups excluding carboxylic acids is 1. The van der Waals surface area contributed by atoms with Gasteiger partial charge in [-0.1, -0.05) is 42.5 Å². The molecule has 2 aromatic heterocycles. The van der Waals surface area contributed by atoms with Gasteiger partial charge < -0.3 is 29.3 Å². The minimum Gasteiger partial charge on any atom is -0.496 e. The standard InChI is InChI=1S/C37H41N7O5/c1-46-34-11-7-6-10-31(34)33-15-13-30-25-38-36(40-44(30)33)39-32-14-12-29(24-35(32)47-2)41-18-16-28(17-19-41)42-20-22-43(23-21-42)49-37(45)48-26-27-8-4-3-5-9-27/h3-15,24-25,28H,16-23,26H2,1-2H3,(H,39,40). The molecule has 7 rings (SSSR count). The van der Waals surface area contributed by atoms with Gasteiger partial charge in [-0.3, -0.25) is 4.90 Å². The van der Waals surface area contributed by atoms with Gasteiger partial charge in [0.25, 0.3) is 0 Å². The van der Waals surface area contributed by atoms with Gasteiger partial charge in [0.1, 0.15) is 18.1 Å². The van der Waals surface area contributed by atoms with Crippen LogP contribution in [0, 0.1) is 0 Å². The van der Waals surface area contributed by atoms with Crippen LogP contribution in [0.5, 0.6) is 11.5 Å². The second-order valence-electron chi connectivity index (χ2n) is 12.1. The number of ether oxygens (including phenoxy) is 3. The average molecular weight is 664 g/mol. The fourth-order valence-corrected chi connectivity index (χ4v) is 6.62. The average Bonchev–Trinajstić information content (AvgIpc) is 3.58. The first kappa shape index (κ1) is 32.2. The number of fused-ring (bicyclic) bond motifs is 1. The number of nitrogens with zero attached hydrogens (tertiary/aromatic N) is 6. The number of aromatic nitrogens is 3. The highest BCUT2D eigenvalue weighted by Gasteiger charge is 2.29. The number of rotatable bonds is 10. The molecule has 0 spiro atoms. The van der Waals surface area contributed by atoms with Crippen LogP contribution in [0.15, 0.2) is 91.1 Å². The molecule has 3 aromatic carbocycles. The number of benzene rings is 3. The third-order valence-corrected chi connectivity index (χ3v) is 9.24. The zero-order valence-electron chi connectivity index (χ0n) is 27.8. The first-order valence-corrected chi connectivity index (χ1v) is 16.6. The predicted octanol–water partition coefficient (Wildman–Crippen LogP) is 6.01. The highest BCUT2D eigenvalue weighted by Crippen LogP contribution is 2.34. The van der Waals surface area contributed by atoms with E-state index in [2.05, 4.69) is 32.2 Å². The van der Waals surface area contributed by atoms with Gasteiger partial charge in [0.15, 0.2) is 0 Å². The lowest BCUT2D eigenvalue weighted by atomic mass is 10.0. The number of hydrogen-bond acceptors (Lipinski definition) is 11. The number of piperazine rings is 1. The van der Waals surface area contributed by atoms with E-state index < -0.39 is 6.16 Å². The van der Waals surface area contributed by atoms with E-state index in [1.54, 1.807) is 25.5 Å². The molecule has 0 unspecified atom stereocenters. The molecule has 0 radical (unpaired) electrons. The Morgan fingerprint density at radius 3 is 2.37 bits per heavy atom. The molecule has 0 saturated carbocycles. The molecule has 2 fully saturated rings. The van der Waals surface area contributed by atoms with Gasteiger partial charge in [-0.05, 0) is 54.8 Å². The van der Waals surface area contributed by atoms with E-state index >= 15 is 0 Å². The third-order valence-electron chi connectivity index (χ3n) is 9.24. The maximum Gasteiger partial charge on any atom is 0.528 e. The van der Waals surface area contributed by atoms with Crippen molar-refractivity contribution in [2.24, 2.45) is 0 Å². The number of hydrogen-bond donors (Lipinski definition) is 1. The molecule has 4 heterocycles. The quantitative estimate of drug-likeness (QED) is 0.178. The first-order valence-electron chi connectivity index (χ1n) is 16.6. The molecule has 0 bridgehead atoms. The van der Waals surface area contributed by atoms with Crippen LogP contribution in [0.1, 0.15) is 18.4 Å². The van der Waals surface area contributed by atoms with Crippen LogP contribution in [0.2, 0.25) is 0 Å². The normalized spacial score (nSPS) is 16.0. The summed E-state index contributed by atoms with van der Waals surface area (Å²) in [6.45, 7) is 5.12. The monoisotopic (exact) mass is 663 g/mol. The molecule has 2 aliphatic heterocycles. The molecule has 254 valence electrons. The van der Waals surface area contributed by atoms with Crippen LogP contribution in [-0.2, 0) is 16.2 Å². The maximum atomic E-state index is 12.2. The van der Waals surface area contributed by atoms with Crippen molar-refractivity contribution in [2.75, 3.05) is 63.7 Å². The number of para-hydroxylation sites is 1. The van der Waals surface area contributed by atoms with E-state index in [9.17, 15) is 4.79 Å². The van der Waals surface area contributed by atoms with Crippen molar-refractivity contribution >= 4 is 29.0 Å². The van der Waals surface area contributed by atoms with E-state index in [0.29, 0.717) is 25.1 Å². The van der Waals surface area contributed by atoms with Crippen molar-refractivity contribution in [2.45, 2.75) is 25.5 Å². The van der Waals surface area contributed by atoms with Crippen LogP contribution in [-0.4, -0.2) is 90.2 Å². The maximum absolute atomic E-state index is 12.2. The Hall–Kier alpha value is -5.33. The van der Waals surface area contributed by atoms with Crippen LogP contribution in [0.4, 0.5) is 22.1 Å². The summed E-state index contributed by atoms with van der Waals surface area (Å²) in [6, 6.07) is 28.2. The zero-order chi connectivity index (χ0) is 33.6. The first-order chi connectivity index (χ1) is 24.1. The van der Waals surface area contributed by atoms with Crippen molar-refractivity contribution in [3.8, 4) is 22.8 Å². The van der Waals surface area contributed by atoms with Crippen LogP contribution >= 0.6 is 0 Å². The van der Waals surface area contributed by atoms with Gasteiger partial charge in [-0.2, -0.15) is 0 Å². The fraction of sp³-hybridized carbons (Fsp3) is 0.324. The molecular weight excluding hydrogens is 622 g/mol. The summed E-state index contributed by atoms with van der Waals surface area (Å²) in [5.41, 5.74) is 5.59. The van der Waals surface area contributed by atoms with Crippen LogP contribution in [0.3, 0.4) is 0 Å². The van der Waals surface area contributed by atoms with Gasteiger partial charge >= 0.3 is 6.16 Å². The summed E-state index contributed by atoms with van der Waals surface area (Å²) >= 11 is 0. The number of anilines is 3. The number of hydroxylamine groups is 2. The summed E-state index contributed by atoms with van der Waals surface area (Å²) < 4.78 is 18.5. The highest BCUT2D eigenvalue weighted by atomic mass is 16.8. The van der Waals surface area contributed by atoms with Crippen molar-refractivity contribution in [1.29, 1.82) is 0 Å². The Morgan fingerprint density at radius 1 is 0.837 bits per heavy atom. The number of carbonyl (C=O) groups is 1. The Balaban J connectivity index is 0.922. The zero-order valence-corrected chi connectivity index (χ0v) is 27.8. The molecule has 2 saturated heterocycles. The van der Waals surface area contributed by atoms with Gasteiger partial charge in [0, 0.05) is 62.6 Å². The highest BCUT2D eigenvalue weighted by molar-refractivity contribution is 5.73. The summed E-state index contributed by atoms with van der Waals surface area (Å²) in [5, 5.41) is 9.86. The van der Waals surface area contributed by atoms with Crippen molar-refractivity contribution < 1.29 is 23.8 Å². The Morgan fingerprint density at radius 2 is 1.59 bits per heavy atom. The molecule has 5 aromatic rings. The van der Waals surface area contributed by atoms with Gasteiger partial charge in [-0.25, -0.2) is 14.3 Å². The van der Waals surface area contributed by atoms with Gasteiger partial charge in [-0.15, -0.1) is 10.2 Å². The molecule has 1 N–H and O–H groups in total. The van der Waals surface area contributed by atoms with Gasteiger partial charge in [0.2, 0.25) is 5.95 Å². The summed E-state index contributed by atoms with van der Waals surface area (Å²) in [5.74, 6) is 1.96. The third kappa shape index (κ3) is 7.40. The van der Waals surface area contributed by atoms with Crippen LogP contribution < -0.4 is 19.7 Å². The van der Waals surface area contributed by atoms with E-state index in [4.69, 9.17) is 24.1 Å². The predicted molar refractivity (Wildman–Crippen MR) is 187 cm³/mol. The number of piperidine rings is 1. The lowest BCUT2D eigenvalue weighted by Crippen LogP contribution is -2.53. The Labute approximate surface area is 285 Å². The van der Waals surface area contributed by atoms with Crippen molar-refractivity contribution in [3.63, 3.8) is 0 Å². The minimum absolute atomic E-state index is 0.203. The lowest BCUT2D eigenvalue weighted by molar-refractivity contribution is -0.151. The Bertz CT molecular complexity index is 1870. The largest absolute Gasteiger partial charge is 0.528 e. The summed E-state index contributed by atoms with van der Waals surface area (Å²) in [6.07, 6.45) is 3.26. The molecule has 12 heteroatoms. The van der Waals surface area contributed by atoms with E-state index in [1.807, 2.05) is 77.3 Å². The molecule has 49 heavy (non-hydrogen) atoms. The molecule has 0 atom stereocenters. The summed E-state index contributed by atoms with van der Waals surface area (Å²) in [7, 11) is 3.35. The van der Waals surface area contributed by atoms with Gasteiger partial charge in [0.05, 0.1) is 37.3 Å². The molecular formula is C37H41N7O5. The van der Waals surface area contributed by atoms with Crippen molar-refractivity contribution in [1.82, 2.24) is 24.6 Å². The number of nitrogens with one attached hydrogen (secondary N) is 1. The molecule has 12 nitrogen and oxygen atoms in total. The number of methoxy groups -OCH3 is 2. The van der Waals surface area contributed by atoms with Crippen molar-refractivity contribution in [3.05, 3.63) is 96.7 Å². The second-order valence-corrected chi connectivity index (χ2v) is 12.1. The summed E-state index contributed by atoms with van der Waals surface area (Å²) in [4.78, 5) is 27.1. The fourth-order valence-electron chi connectivity index (χ4n) is 6.62. The lowest BCUT2D eigenvalue weighted by Gasteiger charge is -2.42. The second kappa shape index (κ2) is 14.8. The van der Waals surface area contributed by atoms with E-state index in [1.165, 1.54) is 0 Å². The molecule has 2 aliphatic rings. The van der Waals surface area contributed by atoms with Crippen LogP contribution in [0.25, 0.3) is 16.8 Å². The topological polar surface area (TPSA) is 106 Å². The van der Waals surface area contributed by atoms with E-state index in [0.717, 1.165) is 84.2 Å². The molecule has 0 amide bonds. The smallest absolute Gasteiger partial charge is 0.496 e.